The van der Waals surface area contributed by atoms with Crippen molar-refractivity contribution in [3.05, 3.63) is 52.4 Å². The van der Waals surface area contributed by atoms with Crippen LogP contribution >= 0.6 is 0 Å². The SMILES string of the molecule is CCCc1c(O)nc(-c2nccc3ccccc23)[nH]c1=O. The smallest absolute Gasteiger partial charge is 0.258 e. The van der Waals surface area contributed by atoms with E-state index in [1.807, 2.05) is 37.3 Å². The Balaban J connectivity index is 2.22. The zero-order valence-electron chi connectivity index (χ0n) is 11.6. The Hall–Kier alpha value is -2.69. The van der Waals surface area contributed by atoms with E-state index in [2.05, 4.69) is 15.0 Å². The maximum Gasteiger partial charge on any atom is 0.258 e. The van der Waals surface area contributed by atoms with Gasteiger partial charge in [0.1, 0.15) is 5.69 Å². The van der Waals surface area contributed by atoms with Gasteiger partial charge in [-0.2, -0.15) is 4.98 Å². The van der Waals surface area contributed by atoms with Gasteiger partial charge in [-0.3, -0.25) is 9.78 Å². The number of H-pyrrole nitrogens is 1. The van der Waals surface area contributed by atoms with Gasteiger partial charge in [-0.25, -0.2) is 0 Å². The summed E-state index contributed by atoms with van der Waals surface area (Å²) in [7, 11) is 0. The molecule has 5 heteroatoms. The molecule has 0 atom stereocenters. The molecule has 0 bridgehead atoms. The molecule has 0 fully saturated rings. The Kier molecular flexibility index (Phi) is 3.39. The molecule has 2 heterocycles. The average molecular weight is 281 g/mol. The predicted octanol–water partition coefficient (Wildman–Crippen LogP) is 2.64. The maximum absolute atomic E-state index is 12.1. The van der Waals surface area contributed by atoms with Crippen molar-refractivity contribution in [1.29, 1.82) is 0 Å². The minimum atomic E-state index is -0.311. The standard InChI is InChI=1S/C16H15N3O2/c1-2-5-12-15(20)18-14(19-16(12)21)13-11-7-4-3-6-10(11)8-9-17-13/h3-4,6-9H,2,5H2,1H3,(H2,18,19,20,21). The van der Waals surface area contributed by atoms with Gasteiger partial charge in [0.2, 0.25) is 5.88 Å². The Bertz CT molecular complexity index is 850. The highest BCUT2D eigenvalue weighted by Crippen LogP contribution is 2.24. The van der Waals surface area contributed by atoms with E-state index in [9.17, 15) is 9.90 Å². The van der Waals surface area contributed by atoms with Crippen molar-refractivity contribution in [2.75, 3.05) is 0 Å². The zero-order chi connectivity index (χ0) is 14.8. The van der Waals surface area contributed by atoms with E-state index in [1.54, 1.807) is 6.20 Å². The highest BCUT2D eigenvalue weighted by Gasteiger charge is 2.13. The van der Waals surface area contributed by atoms with E-state index in [4.69, 9.17) is 0 Å². The number of aromatic nitrogens is 3. The Morgan fingerprint density at radius 2 is 2.05 bits per heavy atom. The van der Waals surface area contributed by atoms with Gasteiger partial charge in [-0.1, -0.05) is 37.6 Å². The third kappa shape index (κ3) is 2.38. The molecule has 0 aliphatic rings. The monoisotopic (exact) mass is 281 g/mol. The van der Waals surface area contributed by atoms with Crippen LogP contribution in [0.3, 0.4) is 0 Å². The van der Waals surface area contributed by atoms with Crippen LogP contribution in [0.2, 0.25) is 0 Å². The molecule has 0 spiro atoms. The highest BCUT2D eigenvalue weighted by molar-refractivity contribution is 5.92. The number of nitrogens with one attached hydrogen (secondary N) is 1. The van der Waals surface area contributed by atoms with Gasteiger partial charge in [0.15, 0.2) is 5.82 Å². The third-order valence-corrected chi connectivity index (χ3v) is 3.39. The lowest BCUT2D eigenvalue weighted by Gasteiger charge is -2.07. The molecule has 2 N–H and O–H groups in total. The summed E-state index contributed by atoms with van der Waals surface area (Å²) in [6.07, 6.45) is 2.93. The van der Waals surface area contributed by atoms with Crippen LogP contribution in [-0.4, -0.2) is 20.1 Å². The summed E-state index contributed by atoms with van der Waals surface area (Å²) < 4.78 is 0. The van der Waals surface area contributed by atoms with E-state index >= 15 is 0 Å². The van der Waals surface area contributed by atoms with Crippen molar-refractivity contribution in [3.63, 3.8) is 0 Å². The highest BCUT2D eigenvalue weighted by atomic mass is 16.3. The fourth-order valence-electron chi connectivity index (χ4n) is 2.38. The Morgan fingerprint density at radius 1 is 1.24 bits per heavy atom. The molecule has 1 aromatic carbocycles. The minimum Gasteiger partial charge on any atom is -0.493 e. The molecule has 0 aliphatic carbocycles. The molecule has 0 saturated carbocycles. The minimum absolute atomic E-state index is 0.217. The topological polar surface area (TPSA) is 78.9 Å². The van der Waals surface area contributed by atoms with Crippen molar-refractivity contribution in [3.8, 4) is 17.4 Å². The molecular weight excluding hydrogens is 266 g/mol. The first-order valence-electron chi connectivity index (χ1n) is 6.87. The number of aromatic hydroxyl groups is 1. The molecular formula is C16H15N3O2. The molecule has 0 saturated heterocycles. The summed E-state index contributed by atoms with van der Waals surface area (Å²) in [5, 5.41) is 11.9. The van der Waals surface area contributed by atoms with E-state index in [0.717, 1.165) is 17.2 Å². The van der Waals surface area contributed by atoms with Crippen LogP contribution in [0.4, 0.5) is 0 Å². The first-order valence-corrected chi connectivity index (χ1v) is 6.87. The number of hydrogen-bond donors (Lipinski definition) is 2. The van der Waals surface area contributed by atoms with E-state index in [0.29, 0.717) is 17.7 Å². The molecule has 3 rings (SSSR count). The average Bonchev–Trinajstić information content (AvgIpc) is 2.50. The number of pyridine rings is 1. The summed E-state index contributed by atoms with van der Waals surface area (Å²) in [5.41, 5.74) is 0.569. The molecule has 0 radical (unpaired) electrons. The van der Waals surface area contributed by atoms with Crippen LogP contribution in [-0.2, 0) is 6.42 Å². The number of benzene rings is 1. The molecule has 0 unspecified atom stereocenters. The van der Waals surface area contributed by atoms with Crippen molar-refractivity contribution in [1.82, 2.24) is 15.0 Å². The van der Waals surface area contributed by atoms with Gasteiger partial charge in [0.05, 0.1) is 5.56 Å². The lowest BCUT2D eigenvalue weighted by molar-refractivity contribution is 0.443. The molecule has 2 aromatic heterocycles. The van der Waals surface area contributed by atoms with Crippen molar-refractivity contribution >= 4 is 10.8 Å². The largest absolute Gasteiger partial charge is 0.493 e. The van der Waals surface area contributed by atoms with Crippen LogP contribution in [0, 0.1) is 0 Å². The lowest BCUT2D eigenvalue weighted by Crippen LogP contribution is -2.15. The van der Waals surface area contributed by atoms with Gasteiger partial charge in [-0.15, -0.1) is 0 Å². The number of hydrogen-bond acceptors (Lipinski definition) is 4. The molecule has 0 aliphatic heterocycles. The molecule has 21 heavy (non-hydrogen) atoms. The van der Waals surface area contributed by atoms with E-state index < -0.39 is 0 Å². The summed E-state index contributed by atoms with van der Waals surface area (Å²) in [6.45, 7) is 1.94. The fourth-order valence-corrected chi connectivity index (χ4v) is 2.38. The second-order valence-corrected chi connectivity index (χ2v) is 4.85. The number of fused-ring (bicyclic) bond motifs is 1. The first-order chi connectivity index (χ1) is 10.2. The lowest BCUT2D eigenvalue weighted by atomic mass is 10.1. The maximum atomic E-state index is 12.1. The van der Waals surface area contributed by atoms with Gasteiger partial charge in [-0.05, 0) is 17.9 Å². The number of aromatic amines is 1. The first kappa shape index (κ1) is 13.3. The van der Waals surface area contributed by atoms with Crippen LogP contribution < -0.4 is 5.56 Å². The number of rotatable bonds is 3. The summed E-state index contributed by atoms with van der Waals surface area (Å²) in [6, 6.07) is 9.60. The van der Waals surface area contributed by atoms with Gasteiger partial charge < -0.3 is 10.1 Å². The van der Waals surface area contributed by atoms with Crippen LogP contribution in [0.25, 0.3) is 22.3 Å². The van der Waals surface area contributed by atoms with Crippen LogP contribution in [0.5, 0.6) is 5.88 Å². The summed E-state index contributed by atoms with van der Waals surface area (Å²) in [5.74, 6) is 0.0690. The summed E-state index contributed by atoms with van der Waals surface area (Å²) >= 11 is 0. The molecule has 0 amide bonds. The third-order valence-electron chi connectivity index (χ3n) is 3.39. The molecule has 3 aromatic rings. The van der Waals surface area contributed by atoms with Crippen molar-refractivity contribution in [2.45, 2.75) is 19.8 Å². The van der Waals surface area contributed by atoms with E-state index in [-0.39, 0.29) is 17.3 Å². The quantitative estimate of drug-likeness (QED) is 0.773. The van der Waals surface area contributed by atoms with Crippen molar-refractivity contribution in [2.24, 2.45) is 0 Å². The normalized spacial score (nSPS) is 10.9. The van der Waals surface area contributed by atoms with Crippen LogP contribution in [0.15, 0.2) is 41.3 Å². The Labute approximate surface area is 121 Å². The second kappa shape index (κ2) is 5.36. The molecule has 5 nitrogen and oxygen atoms in total. The van der Waals surface area contributed by atoms with Gasteiger partial charge in [0, 0.05) is 11.6 Å². The Morgan fingerprint density at radius 3 is 2.81 bits per heavy atom. The second-order valence-electron chi connectivity index (χ2n) is 4.85. The van der Waals surface area contributed by atoms with Crippen LogP contribution in [0.1, 0.15) is 18.9 Å². The number of nitrogens with zero attached hydrogens (tertiary/aromatic N) is 2. The van der Waals surface area contributed by atoms with Crippen molar-refractivity contribution < 1.29 is 5.11 Å². The van der Waals surface area contributed by atoms with Gasteiger partial charge >= 0.3 is 0 Å². The van der Waals surface area contributed by atoms with Gasteiger partial charge in [0.25, 0.3) is 5.56 Å². The molecule has 106 valence electrons. The predicted molar refractivity (Wildman–Crippen MR) is 81.3 cm³/mol. The summed E-state index contributed by atoms with van der Waals surface area (Å²) in [4.78, 5) is 23.2. The van der Waals surface area contributed by atoms with E-state index in [1.165, 1.54) is 0 Å². The zero-order valence-corrected chi connectivity index (χ0v) is 11.6. The fraction of sp³-hybridized carbons (Fsp3) is 0.188.